The molecule has 0 radical (unpaired) electrons. The molecular weight excluding hydrogens is 355 g/mol. The van der Waals surface area contributed by atoms with E-state index in [1.807, 2.05) is 0 Å². The summed E-state index contributed by atoms with van der Waals surface area (Å²) in [5.74, 6) is -0.00852. The smallest absolute Gasteiger partial charge is 0.422 e. The lowest BCUT2D eigenvalue weighted by Crippen LogP contribution is -2.14. The fourth-order valence-corrected chi connectivity index (χ4v) is 1.86. The van der Waals surface area contributed by atoms with Crippen LogP contribution in [0.1, 0.15) is 11.4 Å². The lowest BCUT2D eigenvalue weighted by Gasteiger charge is -2.04. The molecule has 0 bridgehead atoms. The van der Waals surface area contributed by atoms with Gasteiger partial charge in [-0.25, -0.2) is 4.98 Å². The Hall–Kier alpha value is -3.70. The molecule has 4 N–H and O–H groups in total. The Morgan fingerprint density at radius 1 is 1.12 bits per heavy atom. The minimum atomic E-state index is -4.57. The molecule has 0 aliphatic heterocycles. The number of oxazole rings is 1. The van der Waals surface area contributed by atoms with Gasteiger partial charge < -0.3 is 20.7 Å². The Morgan fingerprint density at radius 2 is 1.92 bits per heavy atom. The molecular formula is C14H10F3N7O2. The number of hydrogen-bond donors (Lipinski definition) is 3. The Labute approximate surface area is 143 Å². The SMILES string of the molecule is NC(=NO)c1ccc(Nc2ncc(-c3ccc(C(F)(F)F)nn3)o2)cn1. The van der Waals surface area contributed by atoms with Gasteiger partial charge in [-0.05, 0) is 24.3 Å². The number of amidine groups is 1. The van der Waals surface area contributed by atoms with Gasteiger partial charge in [-0.3, -0.25) is 4.98 Å². The predicted octanol–water partition coefficient (Wildman–Crippen LogP) is 2.38. The summed E-state index contributed by atoms with van der Waals surface area (Å²) < 4.78 is 42.8. The molecule has 0 saturated carbocycles. The van der Waals surface area contributed by atoms with Gasteiger partial charge in [0.25, 0.3) is 6.01 Å². The van der Waals surface area contributed by atoms with E-state index in [0.717, 1.165) is 12.1 Å². The van der Waals surface area contributed by atoms with Crippen molar-refractivity contribution < 1.29 is 22.8 Å². The Morgan fingerprint density at radius 3 is 2.50 bits per heavy atom. The average molecular weight is 365 g/mol. The molecule has 134 valence electrons. The van der Waals surface area contributed by atoms with E-state index in [1.165, 1.54) is 18.5 Å². The van der Waals surface area contributed by atoms with E-state index in [1.54, 1.807) is 6.07 Å². The van der Waals surface area contributed by atoms with Crippen molar-refractivity contribution in [1.29, 1.82) is 0 Å². The van der Waals surface area contributed by atoms with Gasteiger partial charge in [0, 0.05) is 0 Å². The number of nitrogens with one attached hydrogen (secondary N) is 1. The number of rotatable bonds is 4. The third-order valence-electron chi connectivity index (χ3n) is 3.10. The molecule has 3 aromatic heterocycles. The molecule has 0 aromatic carbocycles. The van der Waals surface area contributed by atoms with Crippen LogP contribution in [0.4, 0.5) is 24.9 Å². The first-order valence-corrected chi connectivity index (χ1v) is 6.95. The van der Waals surface area contributed by atoms with E-state index >= 15 is 0 Å². The number of hydrogen-bond acceptors (Lipinski definition) is 8. The number of pyridine rings is 1. The van der Waals surface area contributed by atoms with Crippen LogP contribution < -0.4 is 11.1 Å². The molecule has 0 aliphatic rings. The van der Waals surface area contributed by atoms with Crippen molar-refractivity contribution in [2.75, 3.05) is 5.32 Å². The van der Waals surface area contributed by atoms with Gasteiger partial charge in [-0.15, -0.1) is 10.2 Å². The van der Waals surface area contributed by atoms with Crippen LogP contribution in [0.25, 0.3) is 11.5 Å². The lowest BCUT2D eigenvalue weighted by molar-refractivity contribution is -0.141. The third kappa shape index (κ3) is 3.68. The van der Waals surface area contributed by atoms with Crippen molar-refractivity contribution in [2.24, 2.45) is 10.9 Å². The molecule has 0 aliphatic carbocycles. The fourth-order valence-electron chi connectivity index (χ4n) is 1.86. The summed E-state index contributed by atoms with van der Waals surface area (Å²) in [6, 6.07) is 5.09. The molecule has 0 unspecified atom stereocenters. The van der Waals surface area contributed by atoms with Gasteiger partial charge >= 0.3 is 6.18 Å². The normalized spacial score (nSPS) is 12.2. The Bertz CT molecular complexity index is 921. The molecule has 0 amide bonds. The van der Waals surface area contributed by atoms with Gasteiger partial charge in [0.2, 0.25) is 0 Å². The second kappa shape index (κ2) is 6.66. The first-order chi connectivity index (χ1) is 12.4. The van der Waals surface area contributed by atoms with Crippen LogP contribution in [0.5, 0.6) is 0 Å². The summed E-state index contributed by atoms with van der Waals surface area (Å²) in [7, 11) is 0. The zero-order valence-electron chi connectivity index (χ0n) is 12.8. The van der Waals surface area contributed by atoms with Gasteiger partial charge in [0.1, 0.15) is 11.4 Å². The fraction of sp³-hybridized carbons (Fsp3) is 0.0714. The minimum absolute atomic E-state index is 0.0695. The highest BCUT2D eigenvalue weighted by atomic mass is 19.4. The number of halogens is 3. The van der Waals surface area contributed by atoms with Gasteiger partial charge in [-0.2, -0.15) is 13.2 Å². The van der Waals surface area contributed by atoms with E-state index in [-0.39, 0.29) is 29.0 Å². The molecule has 0 spiro atoms. The maximum atomic E-state index is 12.5. The van der Waals surface area contributed by atoms with Crippen LogP contribution in [0.2, 0.25) is 0 Å². The Balaban J connectivity index is 1.74. The standard InChI is InChI=1S/C14H10F3N7O2/c15-14(16,17)11-4-3-8(22-23-11)10-6-20-13(26-10)21-7-1-2-9(19-5-7)12(18)24-25/h1-6,25H,(H2,18,24)(H,20,21). The number of nitrogens with two attached hydrogens (primary N) is 1. The summed E-state index contributed by atoms with van der Waals surface area (Å²) in [5.41, 5.74) is 5.16. The maximum absolute atomic E-state index is 12.5. The minimum Gasteiger partial charge on any atom is -0.422 e. The number of oxime groups is 1. The number of alkyl halides is 3. The summed E-state index contributed by atoms with van der Waals surface area (Å²) >= 11 is 0. The first-order valence-electron chi connectivity index (χ1n) is 6.95. The van der Waals surface area contributed by atoms with Gasteiger partial charge in [0.05, 0.1) is 18.1 Å². The van der Waals surface area contributed by atoms with Crippen molar-refractivity contribution in [2.45, 2.75) is 6.18 Å². The zero-order valence-corrected chi connectivity index (χ0v) is 12.8. The van der Waals surface area contributed by atoms with Crippen molar-refractivity contribution in [3.05, 3.63) is 48.0 Å². The van der Waals surface area contributed by atoms with Crippen LogP contribution >= 0.6 is 0 Å². The molecule has 9 nitrogen and oxygen atoms in total. The van der Waals surface area contributed by atoms with Gasteiger partial charge in [0.15, 0.2) is 17.3 Å². The summed E-state index contributed by atoms with van der Waals surface area (Å²) in [6.07, 6.45) is -1.88. The molecule has 3 aromatic rings. The van der Waals surface area contributed by atoms with Crippen molar-refractivity contribution in [3.8, 4) is 11.5 Å². The second-order valence-corrected chi connectivity index (χ2v) is 4.87. The number of aromatic nitrogens is 4. The number of anilines is 2. The lowest BCUT2D eigenvalue weighted by atomic mass is 10.3. The van der Waals surface area contributed by atoms with E-state index in [9.17, 15) is 13.2 Å². The van der Waals surface area contributed by atoms with E-state index in [0.29, 0.717) is 5.69 Å². The number of nitrogens with zero attached hydrogens (tertiary/aromatic N) is 5. The molecule has 0 fully saturated rings. The second-order valence-electron chi connectivity index (χ2n) is 4.87. The average Bonchev–Trinajstić information content (AvgIpc) is 3.09. The first kappa shape index (κ1) is 17.1. The summed E-state index contributed by atoms with van der Waals surface area (Å²) in [4.78, 5) is 7.92. The molecule has 26 heavy (non-hydrogen) atoms. The van der Waals surface area contributed by atoms with E-state index in [4.69, 9.17) is 15.4 Å². The van der Waals surface area contributed by atoms with E-state index in [2.05, 4.69) is 30.6 Å². The molecule has 12 heteroatoms. The highest BCUT2D eigenvalue weighted by Crippen LogP contribution is 2.28. The molecule has 3 heterocycles. The molecule has 3 rings (SSSR count). The summed E-state index contributed by atoms with van der Waals surface area (Å²) in [6.45, 7) is 0. The monoisotopic (exact) mass is 365 g/mol. The quantitative estimate of drug-likeness (QED) is 0.277. The largest absolute Gasteiger partial charge is 0.435 e. The van der Waals surface area contributed by atoms with Crippen molar-refractivity contribution >= 4 is 17.5 Å². The predicted molar refractivity (Wildman–Crippen MR) is 82.6 cm³/mol. The van der Waals surface area contributed by atoms with Gasteiger partial charge in [-0.1, -0.05) is 5.16 Å². The van der Waals surface area contributed by atoms with Crippen LogP contribution in [0.15, 0.2) is 46.2 Å². The zero-order chi connectivity index (χ0) is 18.7. The molecule has 0 saturated heterocycles. The van der Waals surface area contributed by atoms with Crippen LogP contribution in [-0.2, 0) is 6.18 Å². The third-order valence-corrected chi connectivity index (χ3v) is 3.10. The van der Waals surface area contributed by atoms with Crippen LogP contribution in [-0.4, -0.2) is 31.2 Å². The van der Waals surface area contributed by atoms with Crippen LogP contribution in [0.3, 0.4) is 0 Å². The highest BCUT2D eigenvalue weighted by molar-refractivity contribution is 5.95. The van der Waals surface area contributed by atoms with E-state index < -0.39 is 11.9 Å². The maximum Gasteiger partial charge on any atom is 0.435 e. The van der Waals surface area contributed by atoms with Crippen molar-refractivity contribution in [1.82, 2.24) is 20.2 Å². The topological polar surface area (TPSA) is 135 Å². The Kier molecular flexibility index (Phi) is 4.39. The highest BCUT2D eigenvalue weighted by Gasteiger charge is 2.33. The summed E-state index contributed by atoms with van der Waals surface area (Å²) in [5, 5.41) is 20.8. The van der Waals surface area contributed by atoms with Crippen LogP contribution in [0, 0.1) is 0 Å². The molecule has 0 atom stereocenters. The van der Waals surface area contributed by atoms with Crippen molar-refractivity contribution in [3.63, 3.8) is 0 Å².